The number of aliphatic carboxylic acids is 1. The molecule has 2 heteroatoms. The van der Waals surface area contributed by atoms with Crippen LogP contribution in [0.3, 0.4) is 0 Å². The van der Waals surface area contributed by atoms with Crippen molar-refractivity contribution in [3.63, 3.8) is 0 Å². The molecule has 0 aromatic carbocycles. The van der Waals surface area contributed by atoms with Crippen molar-refractivity contribution in [1.29, 1.82) is 0 Å². The third kappa shape index (κ3) is 1.15. The first-order chi connectivity index (χ1) is 5.66. The maximum Gasteiger partial charge on any atom is 0.303 e. The van der Waals surface area contributed by atoms with Gasteiger partial charge in [0.15, 0.2) is 0 Å². The van der Waals surface area contributed by atoms with Gasteiger partial charge in [0.05, 0.1) is 0 Å². The van der Waals surface area contributed by atoms with Gasteiger partial charge in [0.2, 0.25) is 0 Å². The molecule has 0 saturated heterocycles. The normalized spacial score (nSPS) is 39.0. The predicted octanol–water partition coefficient (Wildman–Crippen LogP) is 2.06. The molecule has 0 aromatic heterocycles. The van der Waals surface area contributed by atoms with Crippen molar-refractivity contribution in [3.05, 3.63) is 12.2 Å². The number of rotatable bonds is 2. The number of carboxylic acid groups (broad SMARTS) is 1. The van der Waals surface area contributed by atoms with Crippen LogP contribution in [-0.2, 0) is 4.79 Å². The number of carboxylic acids is 1. The van der Waals surface area contributed by atoms with Crippen LogP contribution in [0.5, 0.6) is 0 Å². The summed E-state index contributed by atoms with van der Waals surface area (Å²) >= 11 is 0. The Labute approximate surface area is 72.3 Å². The summed E-state index contributed by atoms with van der Waals surface area (Å²) < 4.78 is 0. The second-order valence-electron chi connectivity index (χ2n) is 4.18. The second kappa shape index (κ2) is 2.61. The van der Waals surface area contributed by atoms with Crippen LogP contribution < -0.4 is 0 Å². The minimum absolute atomic E-state index is 0.369. The second-order valence-corrected chi connectivity index (χ2v) is 4.18. The highest BCUT2D eigenvalue weighted by atomic mass is 16.4. The van der Waals surface area contributed by atoms with Crippen LogP contribution in [0.2, 0.25) is 0 Å². The quantitative estimate of drug-likeness (QED) is 0.637. The Kier molecular flexibility index (Phi) is 1.71. The summed E-state index contributed by atoms with van der Waals surface area (Å²) in [5.74, 6) is 1.25. The standard InChI is InChI=1S/C10H14O2/c1-6-2-7-4-8(5-10(11)12)9(7)3-6/h7-9H,1-5H2,(H,11,12)/t7-,8?,9?/m1/s1. The highest BCUT2D eigenvalue weighted by molar-refractivity contribution is 5.67. The molecule has 0 amide bonds. The number of carbonyl (C=O) groups is 1. The van der Waals surface area contributed by atoms with Crippen molar-refractivity contribution in [3.8, 4) is 0 Å². The largest absolute Gasteiger partial charge is 0.481 e. The van der Waals surface area contributed by atoms with Gasteiger partial charge in [0.25, 0.3) is 0 Å². The van der Waals surface area contributed by atoms with Gasteiger partial charge >= 0.3 is 5.97 Å². The van der Waals surface area contributed by atoms with E-state index < -0.39 is 5.97 Å². The lowest BCUT2D eigenvalue weighted by molar-refractivity contribution is -0.140. The van der Waals surface area contributed by atoms with Crippen LogP contribution in [0.15, 0.2) is 12.2 Å². The molecule has 0 bridgehead atoms. The molecule has 0 spiro atoms. The van der Waals surface area contributed by atoms with Crippen molar-refractivity contribution >= 4 is 5.97 Å². The maximum atomic E-state index is 10.5. The Morgan fingerprint density at radius 1 is 1.58 bits per heavy atom. The summed E-state index contributed by atoms with van der Waals surface area (Å²) in [6.45, 7) is 3.96. The van der Waals surface area contributed by atoms with E-state index in [9.17, 15) is 4.79 Å². The molecule has 2 unspecified atom stereocenters. The van der Waals surface area contributed by atoms with Crippen LogP contribution in [0.1, 0.15) is 25.7 Å². The lowest BCUT2D eigenvalue weighted by Gasteiger charge is -2.39. The maximum absolute atomic E-state index is 10.5. The molecule has 2 saturated carbocycles. The van der Waals surface area contributed by atoms with Crippen LogP contribution in [0.25, 0.3) is 0 Å². The van der Waals surface area contributed by atoms with Crippen LogP contribution >= 0.6 is 0 Å². The van der Waals surface area contributed by atoms with E-state index in [1.165, 1.54) is 5.57 Å². The summed E-state index contributed by atoms with van der Waals surface area (Å²) in [6.07, 6.45) is 3.73. The number of allylic oxidation sites excluding steroid dienone is 1. The molecule has 2 fully saturated rings. The summed E-state index contributed by atoms with van der Waals surface area (Å²) in [7, 11) is 0. The highest BCUT2D eigenvalue weighted by Crippen LogP contribution is 2.53. The van der Waals surface area contributed by atoms with E-state index in [0.29, 0.717) is 18.3 Å². The average Bonchev–Trinajstić information content (AvgIpc) is 2.24. The van der Waals surface area contributed by atoms with Gasteiger partial charge in [-0.25, -0.2) is 0 Å². The van der Waals surface area contributed by atoms with Crippen molar-refractivity contribution < 1.29 is 9.90 Å². The van der Waals surface area contributed by atoms with Gasteiger partial charge < -0.3 is 5.11 Å². The van der Waals surface area contributed by atoms with Crippen molar-refractivity contribution in [2.45, 2.75) is 25.7 Å². The molecule has 2 nitrogen and oxygen atoms in total. The number of fused-ring (bicyclic) bond motifs is 1. The van der Waals surface area contributed by atoms with E-state index in [1.54, 1.807) is 0 Å². The van der Waals surface area contributed by atoms with Gasteiger partial charge in [-0.1, -0.05) is 12.2 Å². The van der Waals surface area contributed by atoms with Gasteiger partial charge in [0.1, 0.15) is 0 Å². The Hall–Kier alpha value is -0.790. The first kappa shape index (κ1) is 7.84. The Balaban J connectivity index is 1.91. The molecule has 2 aliphatic carbocycles. The Bertz CT molecular complexity index is 232. The summed E-state index contributed by atoms with van der Waals surface area (Å²) in [5, 5.41) is 8.61. The lowest BCUT2D eigenvalue weighted by Crippen LogP contribution is -2.33. The molecule has 0 heterocycles. The summed E-state index contributed by atoms with van der Waals surface area (Å²) in [5.41, 5.74) is 1.33. The molecule has 3 atom stereocenters. The fourth-order valence-corrected chi connectivity index (χ4v) is 2.74. The molecule has 12 heavy (non-hydrogen) atoms. The van der Waals surface area contributed by atoms with E-state index in [4.69, 9.17) is 5.11 Å². The zero-order valence-corrected chi connectivity index (χ0v) is 7.12. The highest BCUT2D eigenvalue weighted by Gasteiger charge is 2.45. The molecule has 0 aromatic rings. The zero-order valence-electron chi connectivity index (χ0n) is 7.12. The third-order valence-electron chi connectivity index (χ3n) is 3.33. The van der Waals surface area contributed by atoms with E-state index in [2.05, 4.69) is 6.58 Å². The molecule has 66 valence electrons. The van der Waals surface area contributed by atoms with Gasteiger partial charge in [-0.15, -0.1) is 0 Å². The Morgan fingerprint density at radius 2 is 2.33 bits per heavy atom. The van der Waals surface area contributed by atoms with Crippen molar-refractivity contribution in [2.75, 3.05) is 0 Å². The average molecular weight is 166 g/mol. The fraction of sp³-hybridized carbons (Fsp3) is 0.700. The fourth-order valence-electron chi connectivity index (χ4n) is 2.74. The topological polar surface area (TPSA) is 37.3 Å². The Morgan fingerprint density at radius 3 is 2.92 bits per heavy atom. The van der Waals surface area contributed by atoms with Gasteiger partial charge in [0, 0.05) is 6.42 Å². The molecular formula is C10H14O2. The van der Waals surface area contributed by atoms with Crippen LogP contribution in [0.4, 0.5) is 0 Å². The first-order valence-corrected chi connectivity index (χ1v) is 4.55. The molecular weight excluding hydrogens is 152 g/mol. The van der Waals surface area contributed by atoms with E-state index in [-0.39, 0.29) is 0 Å². The molecule has 1 N–H and O–H groups in total. The molecule has 0 radical (unpaired) electrons. The first-order valence-electron chi connectivity index (χ1n) is 4.55. The molecule has 2 aliphatic rings. The number of hydrogen-bond donors (Lipinski definition) is 1. The van der Waals surface area contributed by atoms with Gasteiger partial charge in [-0.2, -0.15) is 0 Å². The summed E-state index contributed by atoms with van der Waals surface area (Å²) in [6, 6.07) is 0. The minimum Gasteiger partial charge on any atom is -0.481 e. The van der Waals surface area contributed by atoms with Gasteiger partial charge in [-0.05, 0) is 37.0 Å². The van der Waals surface area contributed by atoms with Crippen molar-refractivity contribution in [2.24, 2.45) is 17.8 Å². The minimum atomic E-state index is -0.643. The lowest BCUT2D eigenvalue weighted by atomic mass is 9.65. The van der Waals surface area contributed by atoms with E-state index in [1.807, 2.05) is 0 Å². The predicted molar refractivity (Wildman–Crippen MR) is 45.7 cm³/mol. The van der Waals surface area contributed by atoms with Gasteiger partial charge in [-0.3, -0.25) is 4.79 Å². The molecule has 2 rings (SSSR count). The smallest absolute Gasteiger partial charge is 0.303 e. The van der Waals surface area contributed by atoms with Crippen LogP contribution in [-0.4, -0.2) is 11.1 Å². The number of hydrogen-bond acceptors (Lipinski definition) is 1. The third-order valence-corrected chi connectivity index (χ3v) is 3.33. The molecule has 0 aliphatic heterocycles. The van der Waals surface area contributed by atoms with E-state index in [0.717, 1.165) is 25.2 Å². The SMILES string of the molecule is C=C1CC2C(CC(=O)O)C[C@H]2C1. The van der Waals surface area contributed by atoms with Crippen molar-refractivity contribution in [1.82, 2.24) is 0 Å². The summed E-state index contributed by atoms with van der Waals surface area (Å²) in [4.78, 5) is 10.5. The van der Waals surface area contributed by atoms with Crippen LogP contribution in [0, 0.1) is 17.8 Å². The monoisotopic (exact) mass is 166 g/mol. The zero-order chi connectivity index (χ0) is 8.72. The van der Waals surface area contributed by atoms with E-state index >= 15 is 0 Å².